The molecule has 1 heterocycles. The Morgan fingerprint density at radius 1 is 1.53 bits per heavy atom. The quantitative estimate of drug-likeness (QED) is 0.818. The maximum absolute atomic E-state index is 13.3. The fraction of sp³-hybridized carbons (Fsp3) is 0.200. The topological polar surface area (TPSA) is 64.9 Å². The first-order chi connectivity index (χ1) is 8.08. The van der Waals surface area contributed by atoms with Gasteiger partial charge in [-0.05, 0) is 6.07 Å². The lowest BCUT2D eigenvalue weighted by Crippen LogP contribution is -2.40. The van der Waals surface area contributed by atoms with Crippen molar-refractivity contribution in [1.82, 2.24) is 10.4 Å². The van der Waals surface area contributed by atoms with Crippen LogP contribution in [0.1, 0.15) is 5.56 Å². The summed E-state index contributed by atoms with van der Waals surface area (Å²) < 4.78 is 26.2. The Hall–Kier alpha value is -2.02. The smallest absolute Gasteiger partial charge is 0.345 e. The number of hydrogen-bond acceptors (Lipinski definition) is 4. The maximum atomic E-state index is 13.3. The third-order valence-electron chi connectivity index (χ3n) is 2.25. The molecule has 1 aromatic carbocycles. The minimum Gasteiger partial charge on any atom is -0.479 e. The van der Waals surface area contributed by atoms with Crippen LogP contribution in [0.25, 0.3) is 0 Å². The van der Waals surface area contributed by atoms with Crippen LogP contribution in [0.2, 0.25) is 0 Å². The van der Waals surface area contributed by atoms with Crippen LogP contribution in [-0.4, -0.2) is 28.6 Å². The van der Waals surface area contributed by atoms with Gasteiger partial charge in [0.2, 0.25) is 6.17 Å². The Bertz CT molecular complexity index is 479. The average Bonchev–Trinajstić information content (AvgIpc) is 2.73. The van der Waals surface area contributed by atoms with E-state index < -0.39 is 23.8 Å². The predicted octanol–water partition coefficient (Wildman–Crippen LogP) is 0.724. The van der Waals surface area contributed by atoms with E-state index in [-0.39, 0.29) is 12.1 Å². The van der Waals surface area contributed by atoms with Crippen LogP contribution in [0, 0.1) is 11.6 Å². The molecular formula is C10H9F2N3O2. The van der Waals surface area contributed by atoms with Crippen LogP contribution in [0.15, 0.2) is 23.2 Å². The largest absolute Gasteiger partial charge is 0.479 e. The summed E-state index contributed by atoms with van der Waals surface area (Å²) in [5.74, 6) is -3.02. The molecule has 5 nitrogen and oxygen atoms in total. The zero-order valence-electron chi connectivity index (χ0n) is 8.60. The van der Waals surface area contributed by atoms with Crippen molar-refractivity contribution in [2.24, 2.45) is 4.99 Å². The molecule has 2 N–H and O–H groups in total. The predicted molar refractivity (Wildman–Crippen MR) is 55.0 cm³/mol. The van der Waals surface area contributed by atoms with Crippen molar-refractivity contribution >= 4 is 12.3 Å². The number of rotatable bonds is 3. The Balaban J connectivity index is 2.06. The number of halogens is 2. The second kappa shape index (κ2) is 4.46. The van der Waals surface area contributed by atoms with Crippen LogP contribution in [0.3, 0.4) is 0 Å². The van der Waals surface area contributed by atoms with E-state index in [0.29, 0.717) is 0 Å². The van der Waals surface area contributed by atoms with Crippen molar-refractivity contribution in [3.63, 3.8) is 0 Å². The van der Waals surface area contributed by atoms with Crippen molar-refractivity contribution < 1.29 is 18.7 Å². The van der Waals surface area contributed by atoms with E-state index in [0.717, 1.165) is 6.07 Å². The van der Waals surface area contributed by atoms with Gasteiger partial charge in [0.1, 0.15) is 6.34 Å². The van der Waals surface area contributed by atoms with Crippen LogP contribution >= 0.6 is 0 Å². The highest BCUT2D eigenvalue weighted by molar-refractivity contribution is 5.77. The van der Waals surface area contributed by atoms with Gasteiger partial charge in [0.25, 0.3) is 0 Å². The molecule has 1 aliphatic rings. The monoisotopic (exact) mass is 241 g/mol. The van der Waals surface area contributed by atoms with E-state index in [1.54, 1.807) is 0 Å². The molecule has 1 unspecified atom stereocenters. The molecule has 2 rings (SSSR count). The minimum atomic E-state index is -1.14. The fourth-order valence-corrected chi connectivity index (χ4v) is 1.43. The number of aliphatic imine (C=N–C) groups is 1. The second-order valence-electron chi connectivity index (χ2n) is 3.48. The van der Waals surface area contributed by atoms with Gasteiger partial charge >= 0.3 is 5.97 Å². The molecule has 0 aliphatic carbocycles. The number of carbonyl (C=O) groups is 1. The number of nitrogens with zero attached hydrogens (tertiary/aromatic N) is 2. The molecule has 0 saturated heterocycles. The molecule has 0 fully saturated rings. The third kappa shape index (κ3) is 2.39. The highest BCUT2D eigenvalue weighted by atomic mass is 19.2. The number of hydrogen-bond donors (Lipinski definition) is 2. The van der Waals surface area contributed by atoms with E-state index >= 15 is 0 Å². The molecule has 0 amide bonds. The van der Waals surface area contributed by atoms with Crippen molar-refractivity contribution in [2.75, 3.05) is 0 Å². The average molecular weight is 241 g/mol. The normalized spacial score (nSPS) is 18.7. The van der Waals surface area contributed by atoms with E-state index in [2.05, 4.69) is 10.4 Å². The van der Waals surface area contributed by atoms with Gasteiger partial charge in [0.05, 0.1) is 6.54 Å². The molecule has 7 heteroatoms. The Morgan fingerprint density at radius 3 is 2.94 bits per heavy atom. The first kappa shape index (κ1) is 11.5. The van der Waals surface area contributed by atoms with E-state index in [4.69, 9.17) is 5.11 Å². The Kier molecular flexibility index (Phi) is 3.01. The molecule has 0 aromatic heterocycles. The number of hydrazine groups is 1. The summed E-state index contributed by atoms with van der Waals surface area (Å²) >= 11 is 0. The zero-order valence-corrected chi connectivity index (χ0v) is 8.60. The van der Waals surface area contributed by atoms with Gasteiger partial charge in [-0.15, -0.1) is 0 Å². The van der Waals surface area contributed by atoms with Gasteiger partial charge in [-0.1, -0.05) is 12.1 Å². The summed E-state index contributed by atoms with van der Waals surface area (Å²) in [7, 11) is 0. The number of carboxylic acids is 1. The SMILES string of the molecule is O=C(O)C1N=CN(Cc2cccc(F)c2F)N1. The molecule has 1 aliphatic heterocycles. The lowest BCUT2D eigenvalue weighted by Gasteiger charge is -2.16. The summed E-state index contributed by atoms with van der Waals surface area (Å²) in [6.07, 6.45) is 0.162. The van der Waals surface area contributed by atoms with Gasteiger partial charge in [-0.3, -0.25) is 5.01 Å². The van der Waals surface area contributed by atoms with Gasteiger partial charge in [0, 0.05) is 5.56 Å². The number of benzene rings is 1. The summed E-state index contributed by atoms with van der Waals surface area (Å²) in [5.41, 5.74) is 2.63. The standard InChI is InChI=1S/C10H9F2N3O2/c11-7-3-1-2-6(8(7)12)4-15-5-13-9(14-15)10(16)17/h1-3,5,9,14H,4H2,(H,16,17). The third-order valence-corrected chi connectivity index (χ3v) is 2.25. The lowest BCUT2D eigenvalue weighted by atomic mass is 10.2. The molecule has 1 atom stereocenters. The fourth-order valence-electron chi connectivity index (χ4n) is 1.43. The number of nitrogens with one attached hydrogen (secondary N) is 1. The minimum absolute atomic E-state index is 0.00310. The van der Waals surface area contributed by atoms with Crippen molar-refractivity contribution in [3.8, 4) is 0 Å². The number of carboxylic acid groups (broad SMARTS) is 1. The Morgan fingerprint density at radius 2 is 2.29 bits per heavy atom. The van der Waals surface area contributed by atoms with E-state index in [1.807, 2.05) is 0 Å². The van der Waals surface area contributed by atoms with Gasteiger partial charge in [-0.2, -0.15) is 5.43 Å². The first-order valence-electron chi connectivity index (χ1n) is 4.80. The first-order valence-corrected chi connectivity index (χ1v) is 4.80. The summed E-state index contributed by atoms with van der Waals surface area (Å²) in [6.45, 7) is -0.00310. The Labute approximate surface area is 95.3 Å². The highest BCUT2D eigenvalue weighted by Gasteiger charge is 2.23. The van der Waals surface area contributed by atoms with Crippen molar-refractivity contribution in [2.45, 2.75) is 12.7 Å². The summed E-state index contributed by atoms with van der Waals surface area (Å²) in [6, 6.07) is 3.82. The lowest BCUT2D eigenvalue weighted by molar-refractivity contribution is -0.139. The van der Waals surface area contributed by atoms with Gasteiger partial charge in [0.15, 0.2) is 11.6 Å². The molecule has 17 heavy (non-hydrogen) atoms. The summed E-state index contributed by atoms with van der Waals surface area (Å²) in [5, 5.41) is 9.95. The molecule has 0 saturated carbocycles. The van der Waals surface area contributed by atoms with Gasteiger partial charge < -0.3 is 5.11 Å². The maximum Gasteiger partial charge on any atom is 0.345 e. The van der Waals surface area contributed by atoms with Crippen LogP contribution in [-0.2, 0) is 11.3 Å². The molecule has 0 bridgehead atoms. The highest BCUT2D eigenvalue weighted by Crippen LogP contribution is 2.13. The van der Waals surface area contributed by atoms with Crippen LogP contribution in [0.4, 0.5) is 8.78 Å². The van der Waals surface area contributed by atoms with E-state index in [1.165, 1.54) is 23.5 Å². The molecule has 90 valence electrons. The van der Waals surface area contributed by atoms with Crippen LogP contribution < -0.4 is 5.43 Å². The molecule has 1 aromatic rings. The second-order valence-corrected chi connectivity index (χ2v) is 3.48. The van der Waals surface area contributed by atoms with Gasteiger partial charge in [-0.25, -0.2) is 18.6 Å². The van der Waals surface area contributed by atoms with Crippen molar-refractivity contribution in [1.29, 1.82) is 0 Å². The van der Waals surface area contributed by atoms with Crippen molar-refractivity contribution in [3.05, 3.63) is 35.4 Å². The summed E-state index contributed by atoms with van der Waals surface area (Å²) in [4.78, 5) is 14.2. The van der Waals surface area contributed by atoms with Crippen LogP contribution in [0.5, 0.6) is 0 Å². The number of aliphatic carboxylic acids is 1. The van der Waals surface area contributed by atoms with E-state index in [9.17, 15) is 13.6 Å². The molecule has 0 radical (unpaired) electrons. The molecular weight excluding hydrogens is 232 g/mol. The zero-order chi connectivity index (χ0) is 12.4. The molecule has 0 spiro atoms.